The highest BCUT2D eigenvalue weighted by atomic mass is 35.5. The first-order valence-corrected chi connectivity index (χ1v) is 6.60. The summed E-state index contributed by atoms with van der Waals surface area (Å²) < 4.78 is 1.97. The second-order valence-corrected chi connectivity index (χ2v) is 5.62. The fourth-order valence-corrected chi connectivity index (χ4v) is 2.72. The first-order chi connectivity index (χ1) is 8.61. The molecule has 0 amide bonds. The van der Waals surface area contributed by atoms with Crippen molar-refractivity contribution >= 4 is 17.2 Å². The van der Waals surface area contributed by atoms with Gasteiger partial charge < -0.3 is 10.1 Å². The highest BCUT2D eigenvalue weighted by Crippen LogP contribution is 2.18. The molecule has 96 valence electrons. The van der Waals surface area contributed by atoms with Gasteiger partial charge in [-0.25, -0.2) is 4.98 Å². The SMILES string of the molecule is CC1CN(Cc2cn3cc(Cl)ccc3n2)CC1N. The van der Waals surface area contributed by atoms with Crippen LogP contribution >= 0.6 is 11.6 Å². The topological polar surface area (TPSA) is 46.6 Å². The maximum atomic E-state index is 6.03. The summed E-state index contributed by atoms with van der Waals surface area (Å²) in [4.78, 5) is 6.95. The quantitative estimate of drug-likeness (QED) is 0.899. The van der Waals surface area contributed by atoms with Crippen LogP contribution in [-0.2, 0) is 6.54 Å². The molecule has 2 aromatic heterocycles. The van der Waals surface area contributed by atoms with Gasteiger partial charge >= 0.3 is 0 Å². The largest absolute Gasteiger partial charge is 0.326 e. The maximum Gasteiger partial charge on any atom is 0.137 e. The number of fused-ring (bicyclic) bond motifs is 1. The summed E-state index contributed by atoms with van der Waals surface area (Å²) in [5.74, 6) is 0.566. The van der Waals surface area contributed by atoms with Crippen LogP contribution in [-0.4, -0.2) is 33.4 Å². The summed E-state index contributed by atoms with van der Waals surface area (Å²) in [5.41, 5.74) is 8.04. The normalized spacial score (nSPS) is 25.1. The number of likely N-dealkylation sites (tertiary alicyclic amines) is 1. The highest BCUT2D eigenvalue weighted by Gasteiger charge is 2.26. The number of nitrogens with two attached hydrogens (primary N) is 1. The van der Waals surface area contributed by atoms with Crippen LogP contribution < -0.4 is 5.73 Å². The lowest BCUT2D eigenvalue weighted by molar-refractivity contribution is 0.315. The molecule has 1 fully saturated rings. The van der Waals surface area contributed by atoms with E-state index in [4.69, 9.17) is 17.3 Å². The molecule has 1 aliphatic rings. The van der Waals surface area contributed by atoms with Crippen LogP contribution in [0.2, 0.25) is 5.02 Å². The van der Waals surface area contributed by atoms with E-state index in [-0.39, 0.29) is 6.04 Å². The molecule has 1 saturated heterocycles. The van der Waals surface area contributed by atoms with Gasteiger partial charge in [0.1, 0.15) is 5.65 Å². The van der Waals surface area contributed by atoms with Crippen molar-refractivity contribution in [2.24, 2.45) is 11.7 Å². The Labute approximate surface area is 111 Å². The molecule has 5 heteroatoms. The third kappa shape index (κ3) is 2.23. The molecular formula is C13H17ClN4. The van der Waals surface area contributed by atoms with Crippen molar-refractivity contribution in [1.82, 2.24) is 14.3 Å². The first-order valence-electron chi connectivity index (χ1n) is 6.23. The van der Waals surface area contributed by atoms with Crippen molar-refractivity contribution in [2.45, 2.75) is 19.5 Å². The molecule has 0 saturated carbocycles. The number of hydrogen-bond acceptors (Lipinski definition) is 3. The molecule has 0 spiro atoms. The van der Waals surface area contributed by atoms with E-state index in [2.05, 4.69) is 16.8 Å². The van der Waals surface area contributed by atoms with Gasteiger partial charge in [-0.3, -0.25) is 4.90 Å². The van der Waals surface area contributed by atoms with E-state index in [9.17, 15) is 0 Å². The molecule has 0 radical (unpaired) electrons. The number of imidazole rings is 1. The molecular weight excluding hydrogens is 248 g/mol. The average Bonchev–Trinajstić information content (AvgIpc) is 2.82. The minimum atomic E-state index is 0.288. The Morgan fingerprint density at radius 2 is 2.22 bits per heavy atom. The molecule has 2 unspecified atom stereocenters. The van der Waals surface area contributed by atoms with Gasteiger partial charge in [0.25, 0.3) is 0 Å². The molecule has 3 heterocycles. The molecule has 4 nitrogen and oxygen atoms in total. The number of halogens is 1. The van der Waals surface area contributed by atoms with Gasteiger partial charge in [0.15, 0.2) is 0 Å². The van der Waals surface area contributed by atoms with Gasteiger partial charge in [-0.2, -0.15) is 0 Å². The molecule has 2 N–H and O–H groups in total. The summed E-state index contributed by atoms with van der Waals surface area (Å²) in [7, 11) is 0. The standard InChI is InChI=1S/C13H17ClN4/c1-9-4-17(8-12(9)15)6-11-7-18-5-10(14)2-3-13(18)16-11/h2-3,5,7,9,12H,4,6,8,15H2,1H3. The van der Waals surface area contributed by atoms with Crippen LogP contribution in [0.4, 0.5) is 0 Å². The van der Waals surface area contributed by atoms with E-state index >= 15 is 0 Å². The predicted octanol–water partition coefficient (Wildman–Crippen LogP) is 1.77. The van der Waals surface area contributed by atoms with Crippen LogP contribution in [0.15, 0.2) is 24.5 Å². The zero-order valence-corrected chi connectivity index (χ0v) is 11.1. The lowest BCUT2D eigenvalue weighted by Crippen LogP contribution is -2.28. The average molecular weight is 265 g/mol. The Kier molecular flexibility index (Phi) is 3.01. The molecule has 0 aromatic carbocycles. The number of aromatic nitrogens is 2. The van der Waals surface area contributed by atoms with E-state index in [0.717, 1.165) is 36.0 Å². The Morgan fingerprint density at radius 3 is 2.94 bits per heavy atom. The second kappa shape index (κ2) is 4.53. The molecule has 18 heavy (non-hydrogen) atoms. The first kappa shape index (κ1) is 12.0. The van der Waals surface area contributed by atoms with Gasteiger partial charge in [0, 0.05) is 38.1 Å². The Balaban J connectivity index is 1.79. The number of hydrogen-bond donors (Lipinski definition) is 1. The minimum Gasteiger partial charge on any atom is -0.326 e. The lowest BCUT2D eigenvalue weighted by Gasteiger charge is -2.12. The predicted molar refractivity (Wildman–Crippen MR) is 72.6 cm³/mol. The van der Waals surface area contributed by atoms with E-state index in [1.165, 1.54) is 0 Å². The molecule has 2 atom stereocenters. The fourth-order valence-electron chi connectivity index (χ4n) is 2.55. The van der Waals surface area contributed by atoms with Crippen LogP contribution in [0.1, 0.15) is 12.6 Å². The van der Waals surface area contributed by atoms with E-state index in [1.54, 1.807) is 0 Å². The summed E-state index contributed by atoms with van der Waals surface area (Å²) in [6, 6.07) is 4.09. The zero-order chi connectivity index (χ0) is 12.7. The molecule has 1 aliphatic heterocycles. The monoisotopic (exact) mass is 264 g/mol. The van der Waals surface area contributed by atoms with Crippen LogP contribution in [0.25, 0.3) is 5.65 Å². The summed E-state index contributed by atoms with van der Waals surface area (Å²) in [5, 5.41) is 0.725. The second-order valence-electron chi connectivity index (χ2n) is 5.18. The van der Waals surface area contributed by atoms with Crippen LogP contribution in [0.3, 0.4) is 0 Å². The third-order valence-corrected chi connectivity index (χ3v) is 3.82. The Bertz CT molecular complexity index is 555. The number of rotatable bonds is 2. The van der Waals surface area contributed by atoms with E-state index in [1.807, 2.05) is 28.9 Å². The van der Waals surface area contributed by atoms with Gasteiger partial charge in [-0.1, -0.05) is 18.5 Å². The summed E-state index contributed by atoms with van der Waals surface area (Å²) in [6.07, 6.45) is 3.92. The highest BCUT2D eigenvalue weighted by molar-refractivity contribution is 6.30. The lowest BCUT2D eigenvalue weighted by atomic mass is 10.1. The Morgan fingerprint density at radius 1 is 1.39 bits per heavy atom. The van der Waals surface area contributed by atoms with Crippen molar-refractivity contribution in [2.75, 3.05) is 13.1 Å². The molecule has 3 rings (SSSR count). The number of pyridine rings is 1. The van der Waals surface area contributed by atoms with Crippen molar-refractivity contribution in [3.63, 3.8) is 0 Å². The van der Waals surface area contributed by atoms with Gasteiger partial charge in [-0.05, 0) is 18.1 Å². The molecule has 0 aliphatic carbocycles. The van der Waals surface area contributed by atoms with Crippen molar-refractivity contribution in [3.05, 3.63) is 35.2 Å². The van der Waals surface area contributed by atoms with Crippen molar-refractivity contribution in [1.29, 1.82) is 0 Å². The van der Waals surface area contributed by atoms with Crippen molar-refractivity contribution in [3.8, 4) is 0 Å². The van der Waals surface area contributed by atoms with Gasteiger partial charge in [-0.15, -0.1) is 0 Å². The van der Waals surface area contributed by atoms with Crippen LogP contribution in [0.5, 0.6) is 0 Å². The molecule has 2 aromatic rings. The van der Waals surface area contributed by atoms with Gasteiger partial charge in [0.2, 0.25) is 0 Å². The number of nitrogens with zero attached hydrogens (tertiary/aromatic N) is 3. The summed E-state index contributed by atoms with van der Waals surface area (Å²) >= 11 is 5.96. The van der Waals surface area contributed by atoms with Crippen LogP contribution in [0, 0.1) is 5.92 Å². The van der Waals surface area contributed by atoms with Gasteiger partial charge in [0.05, 0.1) is 10.7 Å². The summed E-state index contributed by atoms with van der Waals surface area (Å²) in [6.45, 7) is 5.07. The maximum absolute atomic E-state index is 6.03. The zero-order valence-electron chi connectivity index (χ0n) is 10.4. The Hall–Kier alpha value is -1.10. The third-order valence-electron chi connectivity index (χ3n) is 3.60. The van der Waals surface area contributed by atoms with Crippen molar-refractivity contribution < 1.29 is 0 Å². The smallest absolute Gasteiger partial charge is 0.137 e. The van der Waals surface area contributed by atoms with E-state index < -0.39 is 0 Å². The minimum absolute atomic E-state index is 0.288. The fraction of sp³-hybridized carbons (Fsp3) is 0.462. The van der Waals surface area contributed by atoms with E-state index in [0.29, 0.717) is 5.92 Å². The molecule has 0 bridgehead atoms.